The summed E-state index contributed by atoms with van der Waals surface area (Å²) in [6.07, 6.45) is 0. The summed E-state index contributed by atoms with van der Waals surface area (Å²) in [4.78, 5) is 4.12. The third-order valence-corrected chi connectivity index (χ3v) is 2.99. The predicted molar refractivity (Wildman–Crippen MR) is 73.8 cm³/mol. The van der Waals surface area contributed by atoms with Gasteiger partial charge in [0, 0.05) is 12.5 Å². The van der Waals surface area contributed by atoms with Gasteiger partial charge in [0.1, 0.15) is 11.9 Å². The lowest BCUT2D eigenvalue weighted by molar-refractivity contribution is 0.480. The molecule has 0 saturated carbocycles. The average molecular weight is 273 g/mol. The van der Waals surface area contributed by atoms with Crippen LogP contribution in [0.3, 0.4) is 0 Å². The first-order valence-electron chi connectivity index (χ1n) is 6.41. The molecule has 0 aliphatic carbocycles. The number of anilines is 1. The molecule has 0 bridgehead atoms. The smallest absolute Gasteiger partial charge is 0.232 e. The molecule has 4 nitrogen and oxygen atoms in total. The molecule has 0 atom stereocenters. The Balaban J connectivity index is 2.18. The molecule has 1 aromatic carbocycles. The fourth-order valence-electron chi connectivity index (χ4n) is 1.79. The van der Waals surface area contributed by atoms with Crippen LogP contribution in [0.15, 0.2) is 22.6 Å². The molecular weight excluding hydrogens is 257 g/mol. The highest BCUT2D eigenvalue weighted by molar-refractivity contribution is 5.46. The number of nitriles is 1. The molecule has 2 rings (SSSR count). The van der Waals surface area contributed by atoms with Gasteiger partial charge >= 0.3 is 0 Å². The zero-order valence-electron chi connectivity index (χ0n) is 11.7. The van der Waals surface area contributed by atoms with Crippen molar-refractivity contribution in [3.05, 3.63) is 46.7 Å². The number of halogens is 1. The number of benzene rings is 1. The monoisotopic (exact) mass is 273 g/mol. The van der Waals surface area contributed by atoms with Crippen molar-refractivity contribution in [2.24, 2.45) is 0 Å². The second-order valence-corrected chi connectivity index (χ2v) is 4.92. The van der Waals surface area contributed by atoms with Crippen LogP contribution in [-0.2, 0) is 6.54 Å². The normalized spacial score (nSPS) is 10.6. The Kier molecular flexibility index (Phi) is 4.04. The molecule has 5 heteroatoms. The SMILES string of the molecule is Cc1ccc(F)cc1CNc1oc(C(C)C)nc1C#N. The van der Waals surface area contributed by atoms with Crippen molar-refractivity contribution >= 4 is 5.88 Å². The minimum absolute atomic E-state index is 0.105. The van der Waals surface area contributed by atoms with Crippen LogP contribution in [0, 0.1) is 24.1 Å². The molecular formula is C15H16FN3O. The van der Waals surface area contributed by atoms with E-state index >= 15 is 0 Å². The van der Waals surface area contributed by atoms with Crippen LogP contribution in [-0.4, -0.2) is 4.98 Å². The van der Waals surface area contributed by atoms with Crippen molar-refractivity contribution in [2.45, 2.75) is 33.2 Å². The second-order valence-electron chi connectivity index (χ2n) is 4.92. The molecule has 20 heavy (non-hydrogen) atoms. The predicted octanol–water partition coefficient (Wildman–Crippen LogP) is 3.73. The molecule has 0 unspecified atom stereocenters. The van der Waals surface area contributed by atoms with Crippen LogP contribution >= 0.6 is 0 Å². The van der Waals surface area contributed by atoms with E-state index in [2.05, 4.69) is 10.3 Å². The highest BCUT2D eigenvalue weighted by atomic mass is 19.1. The average Bonchev–Trinajstić information content (AvgIpc) is 2.83. The first kappa shape index (κ1) is 14.1. The summed E-state index contributed by atoms with van der Waals surface area (Å²) in [6, 6.07) is 6.60. The third-order valence-electron chi connectivity index (χ3n) is 2.99. The highest BCUT2D eigenvalue weighted by Gasteiger charge is 2.15. The van der Waals surface area contributed by atoms with Gasteiger partial charge in [-0.3, -0.25) is 0 Å². The Morgan fingerprint density at radius 1 is 1.45 bits per heavy atom. The summed E-state index contributed by atoms with van der Waals surface area (Å²) in [5.74, 6) is 0.668. The number of nitrogens with one attached hydrogen (secondary N) is 1. The summed E-state index contributed by atoms with van der Waals surface area (Å²) >= 11 is 0. The van der Waals surface area contributed by atoms with Gasteiger partial charge in [-0.05, 0) is 30.2 Å². The van der Waals surface area contributed by atoms with Crippen LogP contribution in [0.5, 0.6) is 0 Å². The highest BCUT2D eigenvalue weighted by Crippen LogP contribution is 2.23. The third kappa shape index (κ3) is 2.97. The van der Waals surface area contributed by atoms with E-state index in [1.54, 1.807) is 6.07 Å². The lowest BCUT2D eigenvalue weighted by Gasteiger charge is -2.07. The molecule has 1 heterocycles. The fourth-order valence-corrected chi connectivity index (χ4v) is 1.79. The Morgan fingerprint density at radius 3 is 2.85 bits per heavy atom. The van der Waals surface area contributed by atoms with E-state index in [4.69, 9.17) is 9.68 Å². The minimum atomic E-state index is -0.284. The van der Waals surface area contributed by atoms with Crippen LogP contribution in [0.1, 0.15) is 42.5 Å². The first-order valence-corrected chi connectivity index (χ1v) is 6.41. The molecule has 0 amide bonds. The second kappa shape index (κ2) is 5.74. The van der Waals surface area contributed by atoms with E-state index < -0.39 is 0 Å². The Hall–Kier alpha value is -2.35. The van der Waals surface area contributed by atoms with Crippen molar-refractivity contribution < 1.29 is 8.81 Å². The van der Waals surface area contributed by atoms with Gasteiger partial charge < -0.3 is 9.73 Å². The van der Waals surface area contributed by atoms with Crippen LogP contribution in [0.25, 0.3) is 0 Å². The number of hydrogen-bond donors (Lipinski definition) is 1. The molecule has 0 fully saturated rings. The summed E-state index contributed by atoms with van der Waals surface area (Å²) in [7, 11) is 0. The van der Waals surface area contributed by atoms with Gasteiger partial charge in [0.25, 0.3) is 0 Å². The minimum Gasteiger partial charge on any atom is -0.424 e. The number of aryl methyl sites for hydroxylation is 1. The van der Waals surface area contributed by atoms with Gasteiger partial charge in [-0.15, -0.1) is 0 Å². The molecule has 104 valence electrons. The van der Waals surface area contributed by atoms with Crippen LogP contribution in [0.2, 0.25) is 0 Å². The zero-order chi connectivity index (χ0) is 14.7. The Morgan fingerprint density at radius 2 is 2.20 bits per heavy atom. The summed E-state index contributed by atoms with van der Waals surface area (Å²) in [5, 5.41) is 12.0. The number of nitrogens with zero attached hydrogens (tertiary/aromatic N) is 2. The Bertz CT molecular complexity index is 656. The van der Waals surface area contributed by atoms with Crippen molar-refractivity contribution in [3.63, 3.8) is 0 Å². The van der Waals surface area contributed by atoms with Crippen molar-refractivity contribution in [1.82, 2.24) is 4.98 Å². The molecule has 1 N–H and O–H groups in total. The van der Waals surface area contributed by atoms with Crippen LogP contribution < -0.4 is 5.32 Å². The molecule has 0 spiro atoms. The molecule has 0 aliphatic heterocycles. The zero-order valence-corrected chi connectivity index (χ0v) is 11.7. The van der Waals surface area contributed by atoms with Gasteiger partial charge in [0.05, 0.1) is 0 Å². The van der Waals surface area contributed by atoms with E-state index in [0.717, 1.165) is 11.1 Å². The van der Waals surface area contributed by atoms with Gasteiger partial charge in [0.15, 0.2) is 0 Å². The number of aromatic nitrogens is 1. The summed E-state index contributed by atoms with van der Waals surface area (Å²) in [5.41, 5.74) is 2.01. The van der Waals surface area contributed by atoms with Crippen molar-refractivity contribution in [2.75, 3.05) is 5.32 Å². The topological polar surface area (TPSA) is 61.9 Å². The van der Waals surface area contributed by atoms with Crippen molar-refractivity contribution in [3.8, 4) is 6.07 Å². The fraction of sp³-hybridized carbons (Fsp3) is 0.333. The summed E-state index contributed by atoms with van der Waals surface area (Å²) in [6.45, 7) is 6.16. The van der Waals surface area contributed by atoms with Gasteiger partial charge in [0.2, 0.25) is 17.5 Å². The maximum absolute atomic E-state index is 13.2. The first-order chi connectivity index (χ1) is 9.51. The van der Waals surface area contributed by atoms with Gasteiger partial charge in [-0.25, -0.2) is 9.37 Å². The van der Waals surface area contributed by atoms with Crippen molar-refractivity contribution in [1.29, 1.82) is 5.26 Å². The molecule has 0 saturated heterocycles. The van der Waals surface area contributed by atoms with Gasteiger partial charge in [-0.2, -0.15) is 5.26 Å². The van der Waals surface area contributed by atoms with E-state index in [9.17, 15) is 4.39 Å². The lowest BCUT2D eigenvalue weighted by Crippen LogP contribution is -2.02. The van der Waals surface area contributed by atoms with E-state index in [1.165, 1.54) is 12.1 Å². The molecule has 0 radical (unpaired) electrons. The van der Waals surface area contributed by atoms with E-state index in [-0.39, 0.29) is 17.4 Å². The summed E-state index contributed by atoms with van der Waals surface area (Å²) < 4.78 is 18.7. The quantitative estimate of drug-likeness (QED) is 0.922. The Labute approximate surface area is 117 Å². The maximum Gasteiger partial charge on any atom is 0.232 e. The standard InChI is InChI=1S/C15H16FN3O/c1-9(2)14-19-13(7-17)15(20-14)18-8-11-6-12(16)5-4-10(11)3/h4-6,9,18H,8H2,1-3H3. The number of oxazole rings is 1. The molecule has 2 aromatic rings. The van der Waals surface area contributed by atoms with Crippen LogP contribution in [0.4, 0.5) is 10.3 Å². The molecule has 1 aromatic heterocycles. The largest absolute Gasteiger partial charge is 0.424 e. The molecule has 0 aliphatic rings. The lowest BCUT2D eigenvalue weighted by atomic mass is 10.1. The van der Waals surface area contributed by atoms with E-state index in [1.807, 2.05) is 26.8 Å². The number of hydrogen-bond acceptors (Lipinski definition) is 4. The van der Waals surface area contributed by atoms with E-state index in [0.29, 0.717) is 18.3 Å². The maximum atomic E-state index is 13.2. The van der Waals surface area contributed by atoms with Gasteiger partial charge in [-0.1, -0.05) is 19.9 Å². The number of rotatable bonds is 4.